The molecule has 0 spiro atoms. The van der Waals surface area contributed by atoms with Gasteiger partial charge in [-0.3, -0.25) is 19.5 Å². The molecule has 0 radical (unpaired) electrons. The van der Waals surface area contributed by atoms with Crippen molar-refractivity contribution in [3.05, 3.63) is 93.8 Å². The highest BCUT2D eigenvalue weighted by molar-refractivity contribution is 7.92. The van der Waals surface area contributed by atoms with Crippen molar-refractivity contribution in [3.63, 3.8) is 0 Å². The number of benzene rings is 3. The molecule has 0 aliphatic rings. The molecule has 0 saturated heterocycles. The van der Waals surface area contributed by atoms with E-state index in [0.29, 0.717) is 23.6 Å². The largest absolute Gasteiger partial charge is 0.276 e. The highest BCUT2D eigenvalue weighted by Gasteiger charge is 2.22. The molecule has 0 fully saturated rings. The number of fused-ring (bicyclic) bond motifs is 1. The molecule has 0 aliphatic carbocycles. The molecule has 0 aliphatic heterocycles. The summed E-state index contributed by atoms with van der Waals surface area (Å²) in [6.45, 7) is 3.99. The Morgan fingerprint density at radius 2 is 1.74 bits per heavy atom. The van der Waals surface area contributed by atoms with Gasteiger partial charge in [-0.05, 0) is 36.2 Å². The quantitative estimate of drug-likeness (QED) is 0.356. The lowest BCUT2D eigenvalue weighted by atomic mass is 10.0. The number of non-ortho nitro benzene ring substituents is 1. The van der Waals surface area contributed by atoms with E-state index < -0.39 is 14.9 Å². The minimum Gasteiger partial charge on any atom is -0.276 e. The molecule has 3 aromatic carbocycles. The van der Waals surface area contributed by atoms with E-state index in [1.807, 2.05) is 42.5 Å². The number of nitrogens with zero attached hydrogens (tertiary/aromatic N) is 3. The Morgan fingerprint density at radius 1 is 1.03 bits per heavy atom. The van der Waals surface area contributed by atoms with Crippen molar-refractivity contribution < 1.29 is 13.3 Å². The number of nitro groups is 1. The number of anilines is 1. The molecule has 0 amide bonds. The van der Waals surface area contributed by atoms with Crippen LogP contribution in [0.4, 0.5) is 11.4 Å². The molecule has 158 valence electrons. The lowest BCUT2D eigenvalue weighted by Crippen LogP contribution is -2.14. The van der Waals surface area contributed by atoms with Crippen LogP contribution < -0.4 is 4.72 Å². The molecule has 8 nitrogen and oxygen atoms in total. The Morgan fingerprint density at radius 3 is 2.52 bits per heavy atom. The van der Waals surface area contributed by atoms with Crippen LogP contribution in [0.5, 0.6) is 0 Å². The number of nitrogens with one attached hydrogen (secondary N) is 1. The van der Waals surface area contributed by atoms with Crippen LogP contribution in [0.2, 0.25) is 0 Å². The first-order valence-electron chi connectivity index (χ1n) is 9.54. The Kier molecular flexibility index (Phi) is 5.20. The number of nitro benzene ring substituents is 1. The third-order valence-electron chi connectivity index (χ3n) is 5.16. The summed E-state index contributed by atoms with van der Waals surface area (Å²) >= 11 is 0. The fourth-order valence-electron chi connectivity index (χ4n) is 3.55. The average Bonchev–Trinajstić information content (AvgIpc) is 3.01. The standard InChI is InChI=1S/C22H20N4O4S/c1-15-22(24-31(29,30)20-11-6-10-19(13-20)26(27)28)16(2)25(23-15)14-18-9-5-8-17-7-3-4-12-21(17)18/h3-13,24H,14H2,1-2H3. The zero-order valence-corrected chi connectivity index (χ0v) is 17.8. The summed E-state index contributed by atoms with van der Waals surface area (Å²) in [6.07, 6.45) is 0. The predicted octanol–water partition coefficient (Wildman–Crippen LogP) is 4.41. The summed E-state index contributed by atoms with van der Waals surface area (Å²) in [7, 11) is -4.02. The lowest BCUT2D eigenvalue weighted by molar-refractivity contribution is -0.385. The molecule has 4 rings (SSSR count). The van der Waals surface area contributed by atoms with Crippen molar-refractivity contribution in [1.82, 2.24) is 9.78 Å². The van der Waals surface area contributed by atoms with Gasteiger partial charge in [0.05, 0.1) is 33.4 Å². The second-order valence-corrected chi connectivity index (χ2v) is 8.88. The van der Waals surface area contributed by atoms with Crippen LogP contribution in [0.25, 0.3) is 10.8 Å². The summed E-state index contributed by atoms with van der Waals surface area (Å²) in [5.74, 6) is 0. The van der Waals surface area contributed by atoms with E-state index >= 15 is 0 Å². The van der Waals surface area contributed by atoms with Gasteiger partial charge in [0.1, 0.15) is 0 Å². The van der Waals surface area contributed by atoms with Crippen molar-refractivity contribution in [2.24, 2.45) is 0 Å². The van der Waals surface area contributed by atoms with Crippen molar-refractivity contribution >= 4 is 32.2 Å². The van der Waals surface area contributed by atoms with Crippen LogP contribution in [0.3, 0.4) is 0 Å². The molecule has 0 unspecified atom stereocenters. The van der Waals surface area contributed by atoms with Crippen LogP contribution in [-0.4, -0.2) is 23.1 Å². The molecular weight excluding hydrogens is 416 g/mol. The van der Waals surface area contributed by atoms with Crippen molar-refractivity contribution in [2.45, 2.75) is 25.3 Å². The maximum atomic E-state index is 12.9. The second kappa shape index (κ2) is 7.84. The topological polar surface area (TPSA) is 107 Å². The fraction of sp³-hybridized carbons (Fsp3) is 0.136. The Hall–Kier alpha value is -3.72. The van der Waals surface area contributed by atoms with Crippen LogP contribution in [-0.2, 0) is 16.6 Å². The molecule has 1 aromatic heterocycles. The smallest absolute Gasteiger partial charge is 0.270 e. The van der Waals surface area contributed by atoms with Crippen LogP contribution in [0.15, 0.2) is 71.6 Å². The van der Waals surface area contributed by atoms with E-state index in [0.717, 1.165) is 22.4 Å². The maximum Gasteiger partial charge on any atom is 0.270 e. The van der Waals surface area contributed by atoms with Crippen LogP contribution in [0, 0.1) is 24.0 Å². The van der Waals surface area contributed by atoms with E-state index in [-0.39, 0.29) is 10.6 Å². The van der Waals surface area contributed by atoms with Crippen LogP contribution in [0.1, 0.15) is 17.0 Å². The Bertz CT molecular complexity index is 1410. The molecule has 1 N–H and O–H groups in total. The van der Waals surface area contributed by atoms with Gasteiger partial charge in [-0.15, -0.1) is 0 Å². The molecule has 4 aromatic rings. The zero-order chi connectivity index (χ0) is 22.2. The number of aromatic nitrogens is 2. The number of hydrogen-bond donors (Lipinski definition) is 1. The monoisotopic (exact) mass is 436 g/mol. The maximum absolute atomic E-state index is 12.9. The van der Waals surface area contributed by atoms with Gasteiger partial charge >= 0.3 is 0 Å². The summed E-state index contributed by atoms with van der Waals surface area (Å²) in [5, 5.41) is 17.7. The molecule has 0 atom stereocenters. The van der Waals surface area contributed by atoms with Gasteiger partial charge in [-0.2, -0.15) is 5.10 Å². The molecule has 9 heteroatoms. The van der Waals surface area contributed by atoms with Gasteiger partial charge in [0.2, 0.25) is 0 Å². The number of sulfonamides is 1. The van der Waals surface area contributed by atoms with E-state index in [1.165, 1.54) is 18.2 Å². The predicted molar refractivity (Wildman–Crippen MR) is 119 cm³/mol. The van der Waals surface area contributed by atoms with Gasteiger partial charge in [0, 0.05) is 12.1 Å². The summed E-state index contributed by atoms with van der Waals surface area (Å²) in [6, 6.07) is 19.0. The zero-order valence-electron chi connectivity index (χ0n) is 16.9. The van der Waals surface area contributed by atoms with E-state index in [9.17, 15) is 18.5 Å². The molecule has 0 bridgehead atoms. The first-order chi connectivity index (χ1) is 14.8. The minimum atomic E-state index is -4.02. The van der Waals surface area contributed by atoms with Gasteiger partial charge in [0.15, 0.2) is 0 Å². The SMILES string of the molecule is Cc1nn(Cc2cccc3ccccc23)c(C)c1NS(=O)(=O)c1cccc([N+](=O)[O-])c1. The Labute approximate surface area is 179 Å². The third-order valence-corrected chi connectivity index (χ3v) is 6.50. The van der Waals surface area contributed by atoms with Gasteiger partial charge < -0.3 is 0 Å². The van der Waals surface area contributed by atoms with Crippen molar-refractivity contribution in [1.29, 1.82) is 0 Å². The highest BCUT2D eigenvalue weighted by atomic mass is 32.2. The molecule has 31 heavy (non-hydrogen) atoms. The summed E-state index contributed by atoms with van der Waals surface area (Å²) in [4.78, 5) is 10.2. The number of aryl methyl sites for hydroxylation is 1. The van der Waals surface area contributed by atoms with Gasteiger partial charge in [-0.1, -0.05) is 48.5 Å². The third kappa shape index (κ3) is 3.99. The average molecular weight is 436 g/mol. The molecule has 1 heterocycles. The molecular formula is C22H20N4O4S. The van der Waals surface area contributed by atoms with Crippen molar-refractivity contribution in [3.8, 4) is 0 Å². The Balaban J connectivity index is 1.67. The van der Waals surface area contributed by atoms with Gasteiger partial charge in [-0.25, -0.2) is 8.42 Å². The van der Waals surface area contributed by atoms with E-state index in [2.05, 4.69) is 9.82 Å². The second-order valence-electron chi connectivity index (χ2n) is 7.20. The van der Waals surface area contributed by atoms with E-state index in [1.54, 1.807) is 18.5 Å². The lowest BCUT2D eigenvalue weighted by Gasteiger charge is -2.10. The first kappa shape index (κ1) is 20.5. The first-order valence-corrected chi connectivity index (χ1v) is 11.0. The van der Waals surface area contributed by atoms with Gasteiger partial charge in [0.25, 0.3) is 15.7 Å². The highest BCUT2D eigenvalue weighted by Crippen LogP contribution is 2.27. The van der Waals surface area contributed by atoms with E-state index in [4.69, 9.17) is 0 Å². The number of rotatable bonds is 6. The molecule has 0 saturated carbocycles. The normalized spacial score (nSPS) is 11.5. The van der Waals surface area contributed by atoms with Crippen LogP contribution >= 0.6 is 0 Å². The number of hydrogen-bond acceptors (Lipinski definition) is 5. The summed E-state index contributed by atoms with van der Waals surface area (Å²) < 4.78 is 30.0. The summed E-state index contributed by atoms with van der Waals surface area (Å²) in [5.41, 5.74) is 2.32. The van der Waals surface area contributed by atoms with Crippen molar-refractivity contribution in [2.75, 3.05) is 4.72 Å². The fourth-order valence-corrected chi connectivity index (χ4v) is 4.76. The minimum absolute atomic E-state index is 0.178.